The molecule has 3 aromatic rings. The monoisotopic (exact) mass is 482 g/mol. The number of amides is 4. The molecule has 8 heteroatoms. The van der Waals surface area contributed by atoms with Crippen LogP contribution in [0.5, 0.6) is 0 Å². The fourth-order valence-electron chi connectivity index (χ4n) is 4.56. The van der Waals surface area contributed by atoms with Crippen molar-refractivity contribution in [1.82, 2.24) is 0 Å². The van der Waals surface area contributed by atoms with Crippen LogP contribution >= 0.6 is 0 Å². The zero-order valence-corrected chi connectivity index (χ0v) is 19.9. The smallest absolute Gasteiger partial charge is 0.258 e. The van der Waals surface area contributed by atoms with E-state index < -0.39 is 5.92 Å². The molecule has 0 bridgehead atoms. The van der Waals surface area contributed by atoms with Crippen LogP contribution in [0.1, 0.15) is 29.3 Å². The Balaban J connectivity index is 1.24. The molecule has 36 heavy (non-hydrogen) atoms. The highest BCUT2D eigenvalue weighted by Crippen LogP contribution is 2.30. The van der Waals surface area contributed by atoms with Gasteiger partial charge in [0.2, 0.25) is 17.7 Å². The van der Waals surface area contributed by atoms with Gasteiger partial charge in [-0.25, -0.2) is 0 Å². The van der Waals surface area contributed by atoms with Crippen molar-refractivity contribution in [3.63, 3.8) is 0 Å². The van der Waals surface area contributed by atoms with Crippen LogP contribution in [0, 0.1) is 5.92 Å². The van der Waals surface area contributed by atoms with Gasteiger partial charge in [-0.1, -0.05) is 31.2 Å². The summed E-state index contributed by atoms with van der Waals surface area (Å²) in [5, 5.41) is 5.62. The summed E-state index contributed by atoms with van der Waals surface area (Å²) < 4.78 is 0. The Bertz CT molecular complexity index is 1330. The van der Waals surface area contributed by atoms with E-state index >= 15 is 0 Å². The first kappa shape index (κ1) is 23.3. The van der Waals surface area contributed by atoms with Gasteiger partial charge in [-0.2, -0.15) is 0 Å². The Morgan fingerprint density at radius 1 is 0.972 bits per heavy atom. The van der Waals surface area contributed by atoms with Crippen LogP contribution in [-0.4, -0.2) is 36.7 Å². The fraction of sp³-hybridized carbons (Fsp3) is 0.214. The Kier molecular flexibility index (Phi) is 6.25. The average molecular weight is 483 g/mol. The molecule has 3 aromatic carbocycles. The first-order valence-corrected chi connectivity index (χ1v) is 11.9. The van der Waals surface area contributed by atoms with Gasteiger partial charge in [0, 0.05) is 29.9 Å². The topological polar surface area (TPSA) is 98.8 Å². The fourth-order valence-corrected chi connectivity index (χ4v) is 4.56. The quantitative estimate of drug-likeness (QED) is 0.577. The summed E-state index contributed by atoms with van der Waals surface area (Å²) in [6.45, 7) is 2.33. The van der Waals surface area contributed by atoms with Crippen LogP contribution < -0.4 is 20.4 Å². The molecule has 1 fully saturated rings. The van der Waals surface area contributed by atoms with Crippen LogP contribution in [0.15, 0.2) is 72.8 Å². The van der Waals surface area contributed by atoms with Crippen molar-refractivity contribution in [3.8, 4) is 0 Å². The van der Waals surface area contributed by atoms with Crippen molar-refractivity contribution in [2.75, 3.05) is 33.5 Å². The van der Waals surface area contributed by atoms with E-state index in [2.05, 4.69) is 17.6 Å². The van der Waals surface area contributed by atoms with Crippen molar-refractivity contribution in [2.45, 2.75) is 19.8 Å². The van der Waals surface area contributed by atoms with Crippen LogP contribution in [-0.2, 0) is 20.8 Å². The highest BCUT2D eigenvalue weighted by molar-refractivity contribution is 6.15. The number of aryl methyl sites for hydroxylation is 1. The second-order valence-electron chi connectivity index (χ2n) is 8.95. The largest absolute Gasteiger partial charge is 0.326 e. The number of benzene rings is 3. The number of hydrogen-bond acceptors (Lipinski definition) is 4. The molecule has 5 rings (SSSR count). The van der Waals surface area contributed by atoms with E-state index in [0.717, 1.165) is 12.1 Å². The van der Waals surface area contributed by atoms with Crippen LogP contribution in [0.2, 0.25) is 0 Å². The number of carbonyl (C=O) groups is 4. The van der Waals surface area contributed by atoms with E-state index in [1.54, 1.807) is 47.4 Å². The van der Waals surface area contributed by atoms with Crippen molar-refractivity contribution < 1.29 is 19.2 Å². The van der Waals surface area contributed by atoms with E-state index in [4.69, 9.17) is 0 Å². The molecule has 2 aliphatic heterocycles. The lowest BCUT2D eigenvalue weighted by atomic mass is 10.1. The van der Waals surface area contributed by atoms with Crippen molar-refractivity contribution in [3.05, 3.63) is 83.9 Å². The molecule has 0 aliphatic carbocycles. The van der Waals surface area contributed by atoms with Crippen LogP contribution in [0.4, 0.5) is 22.7 Å². The number of nitrogens with one attached hydrogen (secondary N) is 2. The predicted molar refractivity (Wildman–Crippen MR) is 138 cm³/mol. The number of hydrogen-bond donors (Lipinski definition) is 2. The average Bonchev–Trinajstić information content (AvgIpc) is 3.30. The predicted octanol–water partition coefficient (Wildman–Crippen LogP) is 3.84. The van der Waals surface area contributed by atoms with Crippen molar-refractivity contribution in [1.29, 1.82) is 0 Å². The van der Waals surface area contributed by atoms with Crippen LogP contribution in [0.25, 0.3) is 0 Å². The summed E-state index contributed by atoms with van der Waals surface area (Å²) >= 11 is 0. The van der Waals surface area contributed by atoms with Gasteiger partial charge >= 0.3 is 0 Å². The summed E-state index contributed by atoms with van der Waals surface area (Å²) in [4.78, 5) is 53.7. The zero-order valence-electron chi connectivity index (χ0n) is 19.9. The second kappa shape index (κ2) is 9.65. The highest BCUT2D eigenvalue weighted by atomic mass is 16.2. The van der Waals surface area contributed by atoms with E-state index in [9.17, 15) is 19.2 Å². The summed E-state index contributed by atoms with van der Waals surface area (Å²) in [6.07, 6.45) is 1.07. The number of anilines is 4. The van der Waals surface area contributed by atoms with E-state index in [1.807, 2.05) is 30.3 Å². The SMILES string of the molecule is CCc1ccc(N2CC(C(=O)Nc3ccc(C(=O)N4CC(=O)Nc5ccccc54)cc3)CC2=O)cc1. The molecule has 2 aliphatic rings. The third kappa shape index (κ3) is 4.57. The Morgan fingerprint density at radius 2 is 1.69 bits per heavy atom. The maximum atomic E-state index is 13.1. The van der Waals surface area contributed by atoms with Crippen molar-refractivity contribution in [2.24, 2.45) is 5.92 Å². The first-order chi connectivity index (χ1) is 17.4. The van der Waals surface area contributed by atoms with E-state index in [-0.39, 0.29) is 36.6 Å². The summed E-state index contributed by atoms with van der Waals surface area (Å²) in [5.74, 6) is -1.34. The maximum Gasteiger partial charge on any atom is 0.258 e. The molecule has 2 heterocycles. The minimum absolute atomic E-state index is 0.0677. The normalized spacial score (nSPS) is 17.0. The van der Waals surface area contributed by atoms with E-state index in [1.165, 1.54) is 10.5 Å². The third-order valence-electron chi connectivity index (χ3n) is 6.57. The lowest BCUT2D eigenvalue weighted by Crippen LogP contribution is -2.42. The maximum absolute atomic E-state index is 13.1. The van der Waals surface area contributed by atoms with Gasteiger partial charge < -0.3 is 15.5 Å². The molecule has 1 atom stereocenters. The molecule has 8 nitrogen and oxygen atoms in total. The molecule has 0 aromatic heterocycles. The molecule has 182 valence electrons. The lowest BCUT2D eigenvalue weighted by molar-refractivity contribution is -0.122. The van der Waals surface area contributed by atoms with E-state index in [0.29, 0.717) is 29.2 Å². The molecule has 4 amide bonds. The molecule has 1 unspecified atom stereocenters. The molecule has 0 spiro atoms. The molecule has 0 saturated carbocycles. The Hall–Kier alpha value is -4.46. The third-order valence-corrected chi connectivity index (χ3v) is 6.57. The molecule has 0 radical (unpaired) electrons. The van der Waals surface area contributed by atoms with Gasteiger partial charge in [0.05, 0.1) is 17.3 Å². The summed E-state index contributed by atoms with van der Waals surface area (Å²) in [7, 11) is 0. The number of nitrogens with zero attached hydrogens (tertiary/aromatic N) is 2. The number of carbonyl (C=O) groups excluding carboxylic acids is 4. The highest BCUT2D eigenvalue weighted by Gasteiger charge is 2.35. The number of para-hydroxylation sites is 2. The lowest BCUT2D eigenvalue weighted by Gasteiger charge is -2.29. The van der Waals surface area contributed by atoms with Crippen molar-refractivity contribution >= 4 is 46.4 Å². The Labute approximate surface area is 208 Å². The first-order valence-electron chi connectivity index (χ1n) is 11.9. The van der Waals surface area contributed by atoms with Gasteiger partial charge in [-0.05, 0) is 60.5 Å². The van der Waals surface area contributed by atoms with Gasteiger partial charge in [0.25, 0.3) is 5.91 Å². The summed E-state index contributed by atoms with van der Waals surface area (Å²) in [6, 6.07) is 21.5. The minimum Gasteiger partial charge on any atom is -0.326 e. The second-order valence-corrected chi connectivity index (χ2v) is 8.95. The number of rotatable bonds is 5. The van der Waals surface area contributed by atoms with Gasteiger partial charge in [0.15, 0.2) is 0 Å². The van der Waals surface area contributed by atoms with Gasteiger partial charge in [-0.15, -0.1) is 0 Å². The van der Waals surface area contributed by atoms with Gasteiger partial charge in [-0.3, -0.25) is 24.1 Å². The molecular formula is C28H26N4O4. The number of fused-ring (bicyclic) bond motifs is 1. The molecule has 1 saturated heterocycles. The van der Waals surface area contributed by atoms with Gasteiger partial charge in [0.1, 0.15) is 6.54 Å². The Morgan fingerprint density at radius 3 is 2.42 bits per heavy atom. The summed E-state index contributed by atoms with van der Waals surface area (Å²) in [5.41, 5.74) is 4.14. The zero-order chi connectivity index (χ0) is 25.2. The molecular weight excluding hydrogens is 456 g/mol. The molecule has 2 N–H and O–H groups in total. The minimum atomic E-state index is -0.465. The standard InChI is InChI=1S/C28H26N4O4/c1-2-18-7-13-22(14-8-18)31-16-20(15-26(31)34)27(35)29-21-11-9-19(10-12-21)28(36)32-17-25(33)30-23-5-3-4-6-24(23)32/h3-14,20H,2,15-17H2,1H3,(H,29,35)(H,30,33). The van der Waals surface area contributed by atoms with Crippen LogP contribution in [0.3, 0.4) is 0 Å².